The normalized spacial score (nSPS) is 15.4. The zero-order chi connectivity index (χ0) is 10.3. The van der Waals surface area contributed by atoms with Gasteiger partial charge in [-0.2, -0.15) is 0 Å². The van der Waals surface area contributed by atoms with Crippen molar-refractivity contribution in [1.82, 2.24) is 0 Å². The van der Waals surface area contributed by atoms with Gasteiger partial charge in [0, 0.05) is 12.8 Å². The van der Waals surface area contributed by atoms with Crippen LogP contribution in [0.4, 0.5) is 0 Å². The molecule has 78 valence electrons. The minimum Gasteiger partial charge on any atom is -0.365 e. The molecule has 0 bridgehead atoms. The molecular formula is C10H20O3. The first kappa shape index (κ1) is 12.6. The smallest absolute Gasteiger partial charge is 0.165 e. The molecule has 0 spiro atoms. The average molecular weight is 188 g/mol. The highest BCUT2D eigenvalue weighted by Gasteiger charge is 2.24. The molecule has 1 N–H and O–H groups in total. The van der Waals surface area contributed by atoms with Gasteiger partial charge in [-0.1, -0.05) is 27.2 Å². The van der Waals surface area contributed by atoms with Crippen molar-refractivity contribution in [2.45, 2.75) is 52.2 Å². The topological polar surface area (TPSA) is 46.5 Å². The fourth-order valence-corrected chi connectivity index (χ4v) is 1.06. The Kier molecular flexibility index (Phi) is 5.91. The summed E-state index contributed by atoms with van der Waals surface area (Å²) in [5.41, 5.74) is 0. The zero-order valence-corrected chi connectivity index (χ0v) is 8.80. The van der Waals surface area contributed by atoms with E-state index in [1.807, 2.05) is 13.8 Å². The average Bonchev–Trinajstić information content (AvgIpc) is 2.15. The maximum absolute atomic E-state index is 10.9. The maximum Gasteiger partial charge on any atom is 0.165 e. The standard InChI is InChI=1S/C10H20O3/c1-4-7-10(12,6-3)13-8-9(11)5-2/h12H,4-8H2,1-3H3. The molecule has 3 heteroatoms. The van der Waals surface area contributed by atoms with Gasteiger partial charge in [-0.05, 0) is 6.42 Å². The van der Waals surface area contributed by atoms with Gasteiger partial charge >= 0.3 is 0 Å². The Labute approximate surface area is 80.1 Å². The van der Waals surface area contributed by atoms with Crippen LogP contribution in [0.15, 0.2) is 0 Å². The van der Waals surface area contributed by atoms with E-state index < -0.39 is 5.79 Å². The molecular weight excluding hydrogens is 168 g/mol. The first-order valence-electron chi connectivity index (χ1n) is 4.96. The predicted molar refractivity (Wildman–Crippen MR) is 51.4 cm³/mol. The molecule has 0 heterocycles. The number of carbonyl (C=O) groups is 1. The van der Waals surface area contributed by atoms with Gasteiger partial charge in [0.05, 0.1) is 0 Å². The SMILES string of the molecule is CCCC(O)(CC)OCC(=O)CC. The molecule has 1 unspecified atom stereocenters. The molecule has 0 amide bonds. The van der Waals surface area contributed by atoms with Crippen LogP contribution >= 0.6 is 0 Å². The number of ether oxygens (including phenoxy) is 1. The highest BCUT2D eigenvalue weighted by Crippen LogP contribution is 2.18. The summed E-state index contributed by atoms with van der Waals surface area (Å²) in [7, 11) is 0. The molecule has 0 aliphatic rings. The molecule has 0 saturated carbocycles. The quantitative estimate of drug-likeness (QED) is 0.620. The summed E-state index contributed by atoms with van der Waals surface area (Å²) in [4.78, 5) is 10.9. The molecule has 0 aromatic rings. The van der Waals surface area contributed by atoms with Gasteiger partial charge in [-0.15, -0.1) is 0 Å². The molecule has 0 fully saturated rings. The molecule has 0 aromatic carbocycles. The largest absolute Gasteiger partial charge is 0.365 e. The summed E-state index contributed by atoms with van der Waals surface area (Å²) < 4.78 is 5.18. The van der Waals surface area contributed by atoms with E-state index in [1.54, 1.807) is 6.92 Å². The number of ketones is 1. The van der Waals surface area contributed by atoms with Crippen LogP contribution in [0, 0.1) is 0 Å². The fourth-order valence-electron chi connectivity index (χ4n) is 1.06. The molecule has 0 radical (unpaired) electrons. The molecule has 0 aliphatic carbocycles. The summed E-state index contributed by atoms with van der Waals surface area (Å²) in [6, 6.07) is 0. The third-order valence-corrected chi connectivity index (χ3v) is 2.09. The van der Waals surface area contributed by atoms with Crippen LogP contribution in [0.1, 0.15) is 46.5 Å². The summed E-state index contributed by atoms with van der Waals surface area (Å²) in [6.45, 7) is 5.65. The second kappa shape index (κ2) is 6.11. The number of rotatable bonds is 7. The van der Waals surface area contributed by atoms with Crippen molar-refractivity contribution in [1.29, 1.82) is 0 Å². The molecule has 1 atom stereocenters. The lowest BCUT2D eigenvalue weighted by Gasteiger charge is -2.26. The first-order valence-corrected chi connectivity index (χ1v) is 4.96. The van der Waals surface area contributed by atoms with Crippen molar-refractivity contribution in [2.75, 3.05) is 6.61 Å². The molecule has 0 rings (SSSR count). The number of hydrogen-bond acceptors (Lipinski definition) is 3. The molecule has 0 saturated heterocycles. The Balaban J connectivity index is 3.89. The fraction of sp³-hybridized carbons (Fsp3) is 0.900. The Morgan fingerprint density at radius 3 is 2.38 bits per heavy atom. The highest BCUT2D eigenvalue weighted by atomic mass is 16.6. The van der Waals surface area contributed by atoms with E-state index in [4.69, 9.17) is 4.74 Å². The van der Waals surface area contributed by atoms with Crippen LogP contribution < -0.4 is 0 Å². The lowest BCUT2D eigenvalue weighted by molar-refractivity contribution is -0.209. The van der Waals surface area contributed by atoms with Gasteiger partial charge in [0.15, 0.2) is 11.6 Å². The van der Waals surface area contributed by atoms with E-state index in [0.29, 0.717) is 19.3 Å². The van der Waals surface area contributed by atoms with E-state index >= 15 is 0 Å². The van der Waals surface area contributed by atoms with Crippen LogP contribution in [-0.4, -0.2) is 23.3 Å². The molecule has 0 aromatic heterocycles. The molecule has 3 nitrogen and oxygen atoms in total. The first-order chi connectivity index (χ1) is 6.08. The van der Waals surface area contributed by atoms with Crippen molar-refractivity contribution < 1.29 is 14.6 Å². The van der Waals surface area contributed by atoms with E-state index in [-0.39, 0.29) is 12.4 Å². The van der Waals surface area contributed by atoms with Crippen molar-refractivity contribution >= 4 is 5.78 Å². The minimum atomic E-state index is -1.10. The third kappa shape index (κ3) is 5.01. The zero-order valence-electron chi connectivity index (χ0n) is 8.80. The summed E-state index contributed by atoms with van der Waals surface area (Å²) in [5.74, 6) is -1.07. The molecule has 0 aliphatic heterocycles. The van der Waals surface area contributed by atoms with Crippen LogP contribution in [0.2, 0.25) is 0 Å². The van der Waals surface area contributed by atoms with Gasteiger partial charge in [0.25, 0.3) is 0 Å². The summed E-state index contributed by atoms with van der Waals surface area (Å²) >= 11 is 0. The lowest BCUT2D eigenvalue weighted by atomic mass is 10.1. The maximum atomic E-state index is 10.9. The minimum absolute atomic E-state index is 0.0286. The van der Waals surface area contributed by atoms with Crippen LogP contribution in [-0.2, 0) is 9.53 Å². The van der Waals surface area contributed by atoms with Crippen LogP contribution in [0.3, 0.4) is 0 Å². The third-order valence-electron chi connectivity index (χ3n) is 2.09. The van der Waals surface area contributed by atoms with Crippen molar-refractivity contribution in [3.63, 3.8) is 0 Å². The van der Waals surface area contributed by atoms with Crippen molar-refractivity contribution in [2.24, 2.45) is 0 Å². The Morgan fingerprint density at radius 1 is 1.38 bits per heavy atom. The number of Topliss-reactive ketones (excluding diaryl/α,β-unsaturated/α-hetero) is 1. The monoisotopic (exact) mass is 188 g/mol. The number of hydrogen-bond donors (Lipinski definition) is 1. The van der Waals surface area contributed by atoms with E-state index in [9.17, 15) is 9.90 Å². The number of carbonyl (C=O) groups excluding carboxylic acids is 1. The van der Waals surface area contributed by atoms with Crippen molar-refractivity contribution in [3.05, 3.63) is 0 Å². The second-order valence-corrected chi connectivity index (χ2v) is 3.23. The lowest BCUT2D eigenvalue weighted by Crippen LogP contribution is -2.33. The Bertz CT molecular complexity index is 156. The molecule has 13 heavy (non-hydrogen) atoms. The Hall–Kier alpha value is -0.410. The summed E-state index contributed by atoms with van der Waals surface area (Å²) in [5, 5.41) is 9.79. The summed E-state index contributed by atoms with van der Waals surface area (Å²) in [6.07, 6.45) is 2.43. The van der Waals surface area contributed by atoms with Gasteiger partial charge in [0.2, 0.25) is 0 Å². The van der Waals surface area contributed by atoms with E-state index in [2.05, 4.69) is 0 Å². The van der Waals surface area contributed by atoms with Crippen LogP contribution in [0.5, 0.6) is 0 Å². The van der Waals surface area contributed by atoms with Gasteiger partial charge in [-0.3, -0.25) is 4.79 Å². The second-order valence-electron chi connectivity index (χ2n) is 3.23. The van der Waals surface area contributed by atoms with Gasteiger partial charge in [-0.25, -0.2) is 0 Å². The number of aliphatic hydroxyl groups is 1. The highest BCUT2D eigenvalue weighted by molar-refractivity contribution is 5.79. The Morgan fingerprint density at radius 2 is 2.00 bits per heavy atom. The van der Waals surface area contributed by atoms with Crippen LogP contribution in [0.25, 0.3) is 0 Å². The van der Waals surface area contributed by atoms with Gasteiger partial charge < -0.3 is 9.84 Å². The van der Waals surface area contributed by atoms with Crippen molar-refractivity contribution in [3.8, 4) is 0 Å². The van der Waals surface area contributed by atoms with E-state index in [1.165, 1.54) is 0 Å². The predicted octanol–water partition coefficient (Wildman–Crippen LogP) is 1.88. The van der Waals surface area contributed by atoms with E-state index in [0.717, 1.165) is 6.42 Å². The van der Waals surface area contributed by atoms with Gasteiger partial charge in [0.1, 0.15) is 6.61 Å².